The predicted octanol–water partition coefficient (Wildman–Crippen LogP) is 1.38. The van der Waals surface area contributed by atoms with Gasteiger partial charge in [0, 0.05) is 12.2 Å². The van der Waals surface area contributed by atoms with Gasteiger partial charge in [0.25, 0.3) is 11.7 Å². The Bertz CT molecular complexity index is 648. The van der Waals surface area contributed by atoms with Gasteiger partial charge in [-0.05, 0) is 25.8 Å². The van der Waals surface area contributed by atoms with E-state index in [9.17, 15) is 27.6 Å². The van der Waals surface area contributed by atoms with E-state index in [4.69, 9.17) is 5.11 Å². The number of rotatable bonds is 4. The Morgan fingerprint density at radius 2 is 2.00 bits per heavy atom. The van der Waals surface area contributed by atoms with Gasteiger partial charge in [-0.1, -0.05) is 0 Å². The van der Waals surface area contributed by atoms with Crippen molar-refractivity contribution < 1.29 is 32.7 Å². The maximum absolute atomic E-state index is 12.4. The summed E-state index contributed by atoms with van der Waals surface area (Å²) < 4.78 is 38.6. The molecule has 1 amide bonds. The molecule has 0 spiro atoms. The van der Waals surface area contributed by atoms with Crippen LogP contribution in [0.3, 0.4) is 0 Å². The minimum Gasteiger partial charge on any atom is -0.478 e. The molecule has 0 saturated heterocycles. The first-order chi connectivity index (χ1) is 10.1. The number of hydrogen-bond acceptors (Lipinski definition) is 3. The van der Waals surface area contributed by atoms with Gasteiger partial charge in [-0.3, -0.25) is 9.59 Å². The number of carboxylic acid groups (broad SMARTS) is 1. The van der Waals surface area contributed by atoms with Gasteiger partial charge in [-0.15, -0.1) is 0 Å². The Morgan fingerprint density at radius 3 is 2.55 bits per heavy atom. The molecule has 22 heavy (non-hydrogen) atoms. The van der Waals surface area contributed by atoms with Crippen LogP contribution in [0.5, 0.6) is 0 Å². The van der Waals surface area contributed by atoms with E-state index < -0.39 is 29.9 Å². The maximum atomic E-state index is 12.4. The number of fused-ring (bicyclic) bond motifs is 1. The first-order valence-electron chi connectivity index (χ1n) is 6.50. The topological polar surface area (TPSA) is 88.4 Å². The van der Waals surface area contributed by atoms with Crippen molar-refractivity contribution in [3.05, 3.63) is 23.0 Å². The smallest absolute Gasteiger partial charge is 0.408 e. The van der Waals surface area contributed by atoms with E-state index in [0.29, 0.717) is 25.1 Å². The molecule has 1 atom stereocenters. The van der Waals surface area contributed by atoms with E-state index in [1.165, 1.54) is 4.57 Å². The molecule has 0 unspecified atom stereocenters. The molecule has 2 N–H and O–H groups in total. The van der Waals surface area contributed by atoms with Crippen molar-refractivity contribution >= 4 is 17.7 Å². The molecular formula is C13H13F3N2O4. The molecule has 2 heterocycles. The second-order valence-electron chi connectivity index (χ2n) is 5.02. The summed E-state index contributed by atoms with van der Waals surface area (Å²) in [6.45, 7) is 1.07. The summed E-state index contributed by atoms with van der Waals surface area (Å²) in [6.07, 6.45) is -3.62. The lowest BCUT2D eigenvalue weighted by atomic mass is 10.1. The Hall–Kier alpha value is -2.32. The number of Topliss-reactive ketones (excluding diaryl/α,β-unsaturated/α-hetero) is 1. The molecule has 1 aromatic heterocycles. The Labute approximate surface area is 122 Å². The number of aromatic carboxylic acids is 1. The second-order valence-corrected chi connectivity index (χ2v) is 5.02. The molecule has 6 nitrogen and oxygen atoms in total. The van der Waals surface area contributed by atoms with Crippen molar-refractivity contribution in [3.63, 3.8) is 0 Å². The Kier molecular flexibility index (Phi) is 3.99. The number of ketones is 1. The van der Waals surface area contributed by atoms with Crippen molar-refractivity contribution in [2.24, 2.45) is 0 Å². The van der Waals surface area contributed by atoms with Crippen LogP contribution in [0.25, 0.3) is 0 Å². The molecule has 2 rings (SSSR count). The number of carboxylic acids is 1. The van der Waals surface area contributed by atoms with Gasteiger partial charge in [0.2, 0.25) is 0 Å². The normalized spacial score (nSPS) is 15.3. The van der Waals surface area contributed by atoms with Crippen LogP contribution < -0.4 is 5.32 Å². The lowest BCUT2D eigenvalue weighted by molar-refractivity contribution is -0.156. The fourth-order valence-corrected chi connectivity index (χ4v) is 2.35. The van der Waals surface area contributed by atoms with Crippen LogP contribution in [-0.4, -0.2) is 39.6 Å². The molecule has 120 valence electrons. The standard InChI is InChI=1S/C13H13F3N2O4/c1-6(13(14,15)16)17-11(20)10(19)9-5-7(12(21)22)8-3-2-4-18(8)9/h5-6H,2-4H2,1H3,(H,17,20)(H,21,22)/t6-/m0/s1. The second kappa shape index (κ2) is 5.47. The van der Waals surface area contributed by atoms with E-state index in [1.54, 1.807) is 5.32 Å². The summed E-state index contributed by atoms with van der Waals surface area (Å²) in [5.41, 5.74) is 0.113. The van der Waals surface area contributed by atoms with E-state index in [-0.39, 0.29) is 11.3 Å². The number of hydrogen-bond donors (Lipinski definition) is 2. The Morgan fingerprint density at radius 1 is 1.36 bits per heavy atom. The summed E-state index contributed by atoms with van der Waals surface area (Å²) in [5.74, 6) is -3.82. The summed E-state index contributed by atoms with van der Waals surface area (Å²) >= 11 is 0. The van der Waals surface area contributed by atoms with Gasteiger partial charge >= 0.3 is 12.1 Å². The van der Waals surface area contributed by atoms with Crippen molar-refractivity contribution in [2.75, 3.05) is 0 Å². The largest absolute Gasteiger partial charge is 0.478 e. The number of aromatic nitrogens is 1. The molecule has 1 aliphatic heterocycles. The van der Waals surface area contributed by atoms with Gasteiger partial charge in [0.05, 0.1) is 11.3 Å². The van der Waals surface area contributed by atoms with Crippen molar-refractivity contribution in [1.29, 1.82) is 0 Å². The van der Waals surface area contributed by atoms with Crippen LogP contribution in [-0.2, 0) is 17.8 Å². The zero-order valence-corrected chi connectivity index (χ0v) is 11.5. The minimum atomic E-state index is -4.66. The summed E-state index contributed by atoms with van der Waals surface area (Å²) in [4.78, 5) is 34.8. The van der Waals surface area contributed by atoms with E-state index >= 15 is 0 Å². The van der Waals surface area contributed by atoms with E-state index in [1.807, 2.05) is 0 Å². The van der Waals surface area contributed by atoms with Gasteiger partial charge in [0.1, 0.15) is 6.04 Å². The van der Waals surface area contributed by atoms with Gasteiger partial charge in [-0.2, -0.15) is 13.2 Å². The summed E-state index contributed by atoms with van der Waals surface area (Å²) in [6, 6.07) is -1.13. The van der Waals surface area contributed by atoms with Gasteiger partial charge < -0.3 is 15.0 Å². The fraction of sp³-hybridized carbons (Fsp3) is 0.462. The number of carbonyl (C=O) groups is 3. The molecule has 0 fully saturated rings. The number of nitrogens with zero attached hydrogens (tertiary/aromatic N) is 1. The average Bonchev–Trinajstić information content (AvgIpc) is 2.97. The molecule has 0 bridgehead atoms. The lowest BCUT2D eigenvalue weighted by Gasteiger charge is -2.16. The molecule has 0 aliphatic carbocycles. The molecule has 1 aliphatic rings. The summed E-state index contributed by atoms with van der Waals surface area (Å²) in [5, 5.41) is 10.6. The van der Waals surface area contributed by atoms with Crippen LogP contribution in [0.4, 0.5) is 13.2 Å². The quantitative estimate of drug-likeness (QED) is 0.648. The third-order valence-corrected chi connectivity index (χ3v) is 3.51. The maximum Gasteiger partial charge on any atom is 0.408 e. The monoisotopic (exact) mass is 318 g/mol. The van der Waals surface area contributed by atoms with Crippen molar-refractivity contribution in [2.45, 2.75) is 38.5 Å². The Balaban J connectivity index is 2.25. The zero-order valence-electron chi connectivity index (χ0n) is 11.5. The fourth-order valence-electron chi connectivity index (χ4n) is 2.35. The number of halogens is 3. The number of alkyl halides is 3. The highest BCUT2D eigenvalue weighted by atomic mass is 19.4. The van der Waals surface area contributed by atoms with Crippen molar-refractivity contribution in [1.82, 2.24) is 9.88 Å². The third-order valence-electron chi connectivity index (χ3n) is 3.51. The summed E-state index contributed by atoms with van der Waals surface area (Å²) in [7, 11) is 0. The van der Waals surface area contributed by atoms with Crippen LogP contribution >= 0.6 is 0 Å². The highest BCUT2D eigenvalue weighted by Crippen LogP contribution is 2.25. The molecule has 9 heteroatoms. The average molecular weight is 318 g/mol. The minimum absolute atomic E-state index is 0.0995. The first kappa shape index (κ1) is 16.1. The van der Waals surface area contributed by atoms with Crippen LogP contribution in [0.1, 0.15) is 39.9 Å². The molecule has 0 radical (unpaired) electrons. The zero-order chi connectivity index (χ0) is 16.7. The number of nitrogens with one attached hydrogen (secondary N) is 1. The highest BCUT2D eigenvalue weighted by molar-refractivity contribution is 6.42. The van der Waals surface area contributed by atoms with Crippen LogP contribution in [0.15, 0.2) is 6.07 Å². The van der Waals surface area contributed by atoms with Gasteiger partial charge in [0.15, 0.2) is 0 Å². The number of amides is 1. The van der Waals surface area contributed by atoms with Crippen LogP contribution in [0.2, 0.25) is 0 Å². The van der Waals surface area contributed by atoms with Crippen molar-refractivity contribution in [3.8, 4) is 0 Å². The predicted molar refractivity (Wildman–Crippen MR) is 67.7 cm³/mol. The van der Waals surface area contributed by atoms with E-state index in [0.717, 1.165) is 13.0 Å². The highest BCUT2D eigenvalue weighted by Gasteiger charge is 2.39. The van der Waals surface area contributed by atoms with E-state index in [2.05, 4.69) is 0 Å². The number of carbonyl (C=O) groups excluding carboxylic acids is 2. The molecule has 0 aromatic carbocycles. The SMILES string of the molecule is C[C@H](NC(=O)C(=O)c1cc(C(=O)O)c2n1CCC2)C(F)(F)F. The van der Waals surface area contributed by atoms with Crippen LogP contribution in [0, 0.1) is 0 Å². The molecule has 1 aromatic rings. The van der Waals surface area contributed by atoms with Gasteiger partial charge in [-0.25, -0.2) is 4.79 Å². The molecule has 0 saturated carbocycles. The lowest BCUT2D eigenvalue weighted by Crippen LogP contribution is -2.46. The first-order valence-corrected chi connectivity index (χ1v) is 6.50. The molecular weight excluding hydrogens is 305 g/mol. The third kappa shape index (κ3) is 2.83.